The van der Waals surface area contributed by atoms with Crippen molar-refractivity contribution in [2.24, 2.45) is 0 Å². The molecule has 1 unspecified atom stereocenters. The molecule has 1 N–H and O–H groups in total. The van der Waals surface area contributed by atoms with Gasteiger partial charge in [0.1, 0.15) is 13.2 Å². The van der Waals surface area contributed by atoms with Gasteiger partial charge in [0.25, 0.3) is 0 Å². The fraction of sp³-hybridized carbons (Fsp3) is 0.500. The lowest BCUT2D eigenvalue weighted by atomic mass is 10.1. The molecule has 0 radical (unpaired) electrons. The molecule has 98 valence electrons. The summed E-state index contributed by atoms with van der Waals surface area (Å²) in [6.45, 7) is 1.34. The van der Waals surface area contributed by atoms with Crippen LogP contribution in [0.3, 0.4) is 0 Å². The summed E-state index contributed by atoms with van der Waals surface area (Å²) in [7, 11) is 0. The number of hydrogen-bond acceptors (Lipinski definition) is 4. The van der Waals surface area contributed by atoms with E-state index in [2.05, 4.69) is 5.32 Å². The van der Waals surface area contributed by atoms with E-state index in [4.69, 9.17) is 9.47 Å². The van der Waals surface area contributed by atoms with Crippen molar-refractivity contribution < 1.29 is 14.3 Å². The van der Waals surface area contributed by atoms with Crippen LogP contribution in [-0.2, 0) is 14.3 Å². The van der Waals surface area contributed by atoms with Gasteiger partial charge in [-0.1, -0.05) is 18.2 Å². The van der Waals surface area contributed by atoms with Gasteiger partial charge in [-0.2, -0.15) is 0 Å². The van der Waals surface area contributed by atoms with Gasteiger partial charge in [0.15, 0.2) is 0 Å². The number of esters is 1. The molecule has 4 nitrogen and oxygen atoms in total. The number of carbonyl (C=O) groups is 1. The van der Waals surface area contributed by atoms with Crippen molar-refractivity contribution in [2.45, 2.75) is 25.4 Å². The molecule has 1 aromatic rings. The quantitative estimate of drug-likeness (QED) is 0.813. The van der Waals surface area contributed by atoms with E-state index in [0.717, 1.165) is 31.6 Å². The Bertz CT molecular complexity index is 361. The summed E-state index contributed by atoms with van der Waals surface area (Å²) >= 11 is 0. The molecule has 1 aliphatic heterocycles. The van der Waals surface area contributed by atoms with Crippen molar-refractivity contribution in [3.8, 4) is 0 Å². The van der Waals surface area contributed by atoms with E-state index in [0.29, 0.717) is 6.61 Å². The molecule has 1 atom stereocenters. The first kappa shape index (κ1) is 12.9. The summed E-state index contributed by atoms with van der Waals surface area (Å²) in [4.78, 5) is 11.5. The van der Waals surface area contributed by atoms with Crippen LogP contribution in [0.15, 0.2) is 30.3 Å². The van der Waals surface area contributed by atoms with Crippen LogP contribution in [0.2, 0.25) is 0 Å². The maximum absolute atomic E-state index is 11.5. The molecule has 0 aliphatic carbocycles. The maximum Gasteiger partial charge on any atom is 0.325 e. The molecule has 1 heterocycles. The second-order valence-corrected chi connectivity index (χ2v) is 4.39. The molecule has 1 aliphatic rings. The minimum absolute atomic E-state index is 0.0828. The zero-order valence-electron chi connectivity index (χ0n) is 10.4. The summed E-state index contributed by atoms with van der Waals surface area (Å²) in [6, 6.07) is 9.60. The van der Waals surface area contributed by atoms with Gasteiger partial charge in [0, 0.05) is 12.3 Å². The topological polar surface area (TPSA) is 47.6 Å². The predicted molar refractivity (Wildman–Crippen MR) is 69.5 cm³/mol. The van der Waals surface area contributed by atoms with Crippen LogP contribution in [0, 0.1) is 0 Å². The lowest BCUT2D eigenvalue weighted by Crippen LogP contribution is -2.27. The number of para-hydroxylation sites is 1. The Hall–Kier alpha value is -1.55. The second kappa shape index (κ2) is 7.01. The Labute approximate surface area is 107 Å². The molecule has 4 heteroatoms. The van der Waals surface area contributed by atoms with Gasteiger partial charge in [-0.15, -0.1) is 0 Å². The molecule has 0 spiro atoms. The number of rotatable bonds is 5. The molecule has 2 rings (SSSR count). The molecule has 0 saturated carbocycles. The zero-order valence-corrected chi connectivity index (χ0v) is 10.4. The van der Waals surface area contributed by atoms with E-state index in [1.54, 1.807) is 0 Å². The first-order valence-corrected chi connectivity index (χ1v) is 6.41. The third-order valence-electron chi connectivity index (χ3n) is 2.91. The summed E-state index contributed by atoms with van der Waals surface area (Å²) in [6.07, 6.45) is 3.34. The van der Waals surface area contributed by atoms with Crippen LogP contribution in [0.25, 0.3) is 0 Å². The minimum Gasteiger partial charge on any atom is -0.462 e. The normalized spacial score (nSPS) is 19.2. The van der Waals surface area contributed by atoms with Crippen molar-refractivity contribution in [2.75, 3.05) is 25.1 Å². The number of carbonyl (C=O) groups excluding carboxylic acids is 1. The number of hydrogen-bond donors (Lipinski definition) is 1. The van der Waals surface area contributed by atoms with E-state index in [9.17, 15) is 4.79 Å². The molecule has 0 amide bonds. The number of nitrogens with one attached hydrogen (secondary N) is 1. The van der Waals surface area contributed by atoms with Crippen LogP contribution in [-0.4, -0.2) is 31.8 Å². The van der Waals surface area contributed by atoms with Gasteiger partial charge >= 0.3 is 5.97 Å². The fourth-order valence-electron chi connectivity index (χ4n) is 1.91. The van der Waals surface area contributed by atoms with E-state index in [1.165, 1.54) is 0 Å². The van der Waals surface area contributed by atoms with Crippen molar-refractivity contribution in [1.29, 1.82) is 0 Å². The molecule has 1 aromatic carbocycles. The monoisotopic (exact) mass is 249 g/mol. The molecule has 1 fully saturated rings. The average molecular weight is 249 g/mol. The molecule has 0 bridgehead atoms. The first-order chi connectivity index (χ1) is 8.84. The summed E-state index contributed by atoms with van der Waals surface area (Å²) < 4.78 is 10.7. The van der Waals surface area contributed by atoms with E-state index < -0.39 is 0 Å². The van der Waals surface area contributed by atoms with Gasteiger partial charge in [0.2, 0.25) is 0 Å². The number of benzene rings is 1. The summed E-state index contributed by atoms with van der Waals surface area (Å²) in [5, 5.41) is 3.02. The molecule has 18 heavy (non-hydrogen) atoms. The molecular formula is C14H19NO3. The highest BCUT2D eigenvalue weighted by Crippen LogP contribution is 2.12. The predicted octanol–water partition coefficient (Wildman–Crippen LogP) is 2.21. The van der Waals surface area contributed by atoms with Gasteiger partial charge in [-0.25, -0.2) is 0 Å². The van der Waals surface area contributed by atoms with Crippen LogP contribution in [0.4, 0.5) is 5.69 Å². The zero-order chi connectivity index (χ0) is 12.6. The third kappa shape index (κ3) is 4.37. The van der Waals surface area contributed by atoms with E-state index >= 15 is 0 Å². The molecule has 1 saturated heterocycles. The van der Waals surface area contributed by atoms with E-state index in [1.807, 2.05) is 30.3 Å². The number of anilines is 1. The molecule has 0 aromatic heterocycles. The van der Waals surface area contributed by atoms with Crippen molar-refractivity contribution in [1.82, 2.24) is 0 Å². The third-order valence-corrected chi connectivity index (χ3v) is 2.91. The van der Waals surface area contributed by atoms with E-state index in [-0.39, 0.29) is 18.6 Å². The van der Waals surface area contributed by atoms with Crippen LogP contribution in [0.1, 0.15) is 19.3 Å². The fourth-order valence-corrected chi connectivity index (χ4v) is 1.91. The Kier molecular flexibility index (Phi) is 5.02. The Balaban J connectivity index is 1.63. The first-order valence-electron chi connectivity index (χ1n) is 6.41. The maximum atomic E-state index is 11.5. The standard InChI is InChI=1S/C14H19NO3/c16-14(10-15-12-6-2-1-3-7-12)18-11-13-8-4-5-9-17-13/h1-3,6-7,13,15H,4-5,8-11H2. The van der Waals surface area contributed by atoms with Gasteiger partial charge in [0.05, 0.1) is 6.10 Å². The Morgan fingerprint density at radius 3 is 2.89 bits per heavy atom. The van der Waals surface area contributed by atoms with Gasteiger partial charge in [-0.3, -0.25) is 4.79 Å². The van der Waals surface area contributed by atoms with Crippen molar-refractivity contribution >= 4 is 11.7 Å². The largest absolute Gasteiger partial charge is 0.462 e. The lowest BCUT2D eigenvalue weighted by molar-refractivity contribution is -0.146. The van der Waals surface area contributed by atoms with Gasteiger partial charge in [-0.05, 0) is 31.4 Å². The minimum atomic E-state index is -0.243. The Morgan fingerprint density at radius 1 is 1.33 bits per heavy atom. The highest BCUT2D eigenvalue weighted by molar-refractivity contribution is 5.74. The SMILES string of the molecule is O=C(CNc1ccccc1)OCC1CCCCO1. The summed E-state index contributed by atoms with van der Waals surface area (Å²) in [5.74, 6) is -0.243. The summed E-state index contributed by atoms with van der Waals surface area (Å²) in [5.41, 5.74) is 0.920. The highest BCUT2D eigenvalue weighted by atomic mass is 16.6. The van der Waals surface area contributed by atoms with Crippen molar-refractivity contribution in [3.05, 3.63) is 30.3 Å². The van der Waals surface area contributed by atoms with Crippen molar-refractivity contribution in [3.63, 3.8) is 0 Å². The van der Waals surface area contributed by atoms with Crippen LogP contribution >= 0.6 is 0 Å². The second-order valence-electron chi connectivity index (χ2n) is 4.39. The Morgan fingerprint density at radius 2 is 2.17 bits per heavy atom. The highest BCUT2D eigenvalue weighted by Gasteiger charge is 2.15. The molecular weight excluding hydrogens is 230 g/mol. The average Bonchev–Trinajstić information content (AvgIpc) is 2.45. The van der Waals surface area contributed by atoms with Gasteiger partial charge < -0.3 is 14.8 Å². The van der Waals surface area contributed by atoms with Crippen LogP contribution in [0.5, 0.6) is 0 Å². The van der Waals surface area contributed by atoms with Crippen LogP contribution < -0.4 is 5.32 Å². The number of ether oxygens (including phenoxy) is 2. The smallest absolute Gasteiger partial charge is 0.325 e. The lowest BCUT2D eigenvalue weighted by Gasteiger charge is -2.22.